The van der Waals surface area contributed by atoms with Gasteiger partial charge in [-0.25, -0.2) is 0 Å². The smallest absolute Gasteiger partial charge is 0.226 e. The van der Waals surface area contributed by atoms with Gasteiger partial charge < -0.3 is 20.1 Å². The summed E-state index contributed by atoms with van der Waals surface area (Å²) in [7, 11) is 0. The Morgan fingerprint density at radius 3 is 2.55 bits per heavy atom. The Labute approximate surface area is 242 Å². The van der Waals surface area contributed by atoms with Crippen LogP contribution < -0.4 is 10.6 Å². The number of nitrogens with zero attached hydrogens (tertiary/aromatic N) is 3. The number of nitrogens with one attached hydrogen (secondary N) is 2. The summed E-state index contributed by atoms with van der Waals surface area (Å²) >= 11 is 5.88. The van der Waals surface area contributed by atoms with Crippen molar-refractivity contribution in [1.82, 2.24) is 19.8 Å². The maximum atomic E-state index is 13.1. The Morgan fingerprint density at radius 2 is 1.80 bits per heavy atom. The van der Waals surface area contributed by atoms with Gasteiger partial charge in [-0.15, -0.1) is 0 Å². The summed E-state index contributed by atoms with van der Waals surface area (Å²) in [6.45, 7) is 11.1. The molecule has 2 aromatic heterocycles. The van der Waals surface area contributed by atoms with Crippen molar-refractivity contribution in [3.8, 4) is 5.69 Å². The van der Waals surface area contributed by atoms with Crippen LogP contribution in [-0.2, 0) is 11.2 Å². The first kappa shape index (κ1) is 27.6. The van der Waals surface area contributed by atoms with Crippen LogP contribution in [-0.4, -0.2) is 32.0 Å². The number of aromatic nitrogens is 2. The summed E-state index contributed by atoms with van der Waals surface area (Å²) in [5, 5.41) is 7.27. The summed E-state index contributed by atoms with van der Waals surface area (Å²) in [5.41, 5.74) is 9.96. The predicted octanol–water partition coefficient (Wildman–Crippen LogP) is 6.67. The van der Waals surface area contributed by atoms with Crippen LogP contribution in [0.4, 0.5) is 5.69 Å². The zero-order valence-corrected chi connectivity index (χ0v) is 24.7. The number of benzene rings is 2. The lowest BCUT2D eigenvalue weighted by molar-refractivity contribution is -0.116. The number of aryl methyl sites for hydroxylation is 4. The molecular formula is C33H37N5OS. The molecule has 0 spiro atoms. The highest BCUT2D eigenvalue weighted by molar-refractivity contribution is 7.80. The number of hydrogen-bond acceptors (Lipinski definition) is 3. The van der Waals surface area contributed by atoms with Crippen molar-refractivity contribution < 1.29 is 4.79 Å². The Kier molecular flexibility index (Phi) is 8.03. The first-order valence-corrected chi connectivity index (χ1v) is 14.3. The van der Waals surface area contributed by atoms with Gasteiger partial charge in [-0.05, 0) is 98.9 Å². The van der Waals surface area contributed by atoms with Crippen LogP contribution in [0.3, 0.4) is 0 Å². The molecule has 206 valence electrons. The lowest BCUT2D eigenvalue weighted by Gasteiger charge is -2.28. The van der Waals surface area contributed by atoms with E-state index in [1.54, 1.807) is 0 Å². The Morgan fingerprint density at radius 1 is 1.02 bits per heavy atom. The van der Waals surface area contributed by atoms with E-state index in [1.165, 1.54) is 28.2 Å². The number of para-hydroxylation sites is 1. The minimum atomic E-state index is -0.133. The Bertz CT molecular complexity index is 1540. The van der Waals surface area contributed by atoms with E-state index in [-0.39, 0.29) is 18.0 Å². The van der Waals surface area contributed by atoms with E-state index < -0.39 is 0 Å². The summed E-state index contributed by atoms with van der Waals surface area (Å²) in [6.07, 6.45) is 3.09. The van der Waals surface area contributed by atoms with Gasteiger partial charge in [-0.3, -0.25) is 9.78 Å². The van der Waals surface area contributed by atoms with E-state index in [0.717, 1.165) is 28.9 Å². The zero-order valence-electron chi connectivity index (χ0n) is 23.9. The molecule has 1 saturated heterocycles. The van der Waals surface area contributed by atoms with Crippen LogP contribution in [0.2, 0.25) is 0 Å². The predicted molar refractivity (Wildman–Crippen MR) is 166 cm³/mol. The van der Waals surface area contributed by atoms with Gasteiger partial charge in [-0.1, -0.05) is 43.3 Å². The van der Waals surface area contributed by atoms with E-state index in [4.69, 9.17) is 12.2 Å². The second-order valence-corrected chi connectivity index (χ2v) is 11.0. The first-order valence-electron chi connectivity index (χ1n) is 13.9. The van der Waals surface area contributed by atoms with Gasteiger partial charge in [0.1, 0.15) is 0 Å². The molecule has 1 fully saturated rings. The van der Waals surface area contributed by atoms with E-state index in [1.807, 2.05) is 50.4 Å². The van der Waals surface area contributed by atoms with E-state index in [9.17, 15) is 4.79 Å². The van der Waals surface area contributed by atoms with E-state index in [2.05, 4.69) is 82.3 Å². The molecule has 0 radical (unpaired) electrons. The van der Waals surface area contributed by atoms with E-state index >= 15 is 0 Å². The topological polar surface area (TPSA) is 62.2 Å². The lowest BCUT2D eigenvalue weighted by atomic mass is 9.96. The maximum absolute atomic E-state index is 13.1. The van der Waals surface area contributed by atoms with Crippen molar-refractivity contribution >= 4 is 28.9 Å². The minimum absolute atomic E-state index is 0.0288. The number of carbonyl (C=O) groups is 1. The quantitative estimate of drug-likeness (QED) is 0.240. The van der Waals surface area contributed by atoms with Gasteiger partial charge in [0.15, 0.2) is 5.11 Å². The Balaban J connectivity index is 1.48. The van der Waals surface area contributed by atoms with Crippen LogP contribution in [0.25, 0.3) is 5.69 Å². The molecule has 2 aromatic carbocycles. The molecule has 40 heavy (non-hydrogen) atoms. The molecular weight excluding hydrogens is 514 g/mol. The molecule has 1 aliphatic rings. The van der Waals surface area contributed by atoms with Gasteiger partial charge in [0.25, 0.3) is 0 Å². The second-order valence-electron chi connectivity index (χ2n) is 10.6. The molecule has 4 aromatic rings. The number of amides is 1. The van der Waals surface area contributed by atoms with Crippen molar-refractivity contribution in [1.29, 1.82) is 0 Å². The summed E-state index contributed by atoms with van der Waals surface area (Å²) in [5.74, 6) is -0.0288. The van der Waals surface area contributed by atoms with Gasteiger partial charge in [0.2, 0.25) is 5.91 Å². The van der Waals surface area contributed by atoms with Gasteiger partial charge in [0.05, 0.1) is 17.8 Å². The molecule has 5 rings (SSSR count). The molecule has 7 heteroatoms. The normalized spacial score (nSPS) is 16.7. The molecule has 0 bridgehead atoms. The van der Waals surface area contributed by atoms with Crippen molar-refractivity contribution in [3.05, 3.63) is 112 Å². The summed E-state index contributed by atoms with van der Waals surface area (Å²) in [4.78, 5) is 19.9. The molecule has 1 aliphatic heterocycles. The number of pyridine rings is 1. The molecule has 2 N–H and O–H groups in total. The number of hydrogen-bond donors (Lipinski definition) is 2. The number of rotatable bonds is 8. The van der Waals surface area contributed by atoms with Gasteiger partial charge in [0, 0.05) is 41.9 Å². The molecule has 2 atom stereocenters. The third kappa shape index (κ3) is 5.39. The Hall–Kier alpha value is -3.97. The molecule has 6 nitrogen and oxygen atoms in total. The second kappa shape index (κ2) is 11.6. The number of anilines is 1. The average Bonchev–Trinajstić information content (AvgIpc) is 3.44. The van der Waals surface area contributed by atoms with Crippen LogP contribution >= 0.6 is 12.2 Å². The van der Waals surface area contributed by atoms with E-state index in [0.29, 0.717) is 18.1 Å². The lowest BCUT2D eigenvalue weighted by Crippen LogP contribution is -2.33. The fourth-order valence-electron chi connectivity index (χ4n) is 5.78. The van der Waals surface area contributed by atoms with Crippen LogP contribution in [0, 0.1) is 27.7 Å². The summed E-state index contributed by atoms with van der Waals surface area (Å²) in [6, 6.07) is 22.7. The number of carbonyl (C=O) groups excluding carboxylic acids is 1. The highest BCUT2D eigenvalue weighted by Crippen LogP contribution is 2.41. The minimum Gasteiger partial charge on any atom is -0.352 e. The third-order valence-corrected chi connectivity index (χ3v) is 8.20. The van der Waals surface area contributed by atoms with Crippen molar-refractivity contribution in [3.63, 3.8) is 0 Å². The van der Waals surface area contributed by atoms with Crippen LogP contribution in [0.5, 0.6) is 0 Å². The van der Waals surface area contributed by atoms with Gasteiger partial charge >= 0.3 is 0 Å². The maximum Gasteiger partial charge on any atom is 0.226 e. The molecule has 0 unspecified atom stereocenters. The third-order valence-electron chi connectivity index (χ3n) is 7.85. The molecule has 0 saturated carbocycles. The van der Waals surface area contributed by atoms with Crippen molar-refractivity contribution in [2.45, 2.75) is 59.5 Å². The zero-order chi connectivity index (χ0) is 28.4. The van der Waals surface area contributed by atoms with Crippen molar-refractivity contribution in [2.75, 3.05) is 11.9 Å². The van der Waals surface area contributed by atoms with Crippen molar-refractivity contribution in [2.24, 2.45) is 0 Å². The average molecular weight is 552 g/mol. The van der Waals surface area contributed by atoms with Crippen LogP contribution in [0.15, 0.2) is 72.9 Å². The van der Waals surface area contributed by atoms with Crippen LogP contribution in [0.1, 0.15) is 64.8 Å². The largest absolute Gasteiger partial charge is 0.352 e. The highest BCUT2D eigenvalue weighted by atomic mass is 32.1. The summed E-state index contributed by atoms with van der Waals surface area (Å²) < 4.78 is 2.34. The number of thiocarbonyl (C=S) groups is 1. The highest BCUT2D eigenvalue weighted by Gasteiger charge is 2.41. The fourth-order valence-corrected chi connectivity index (χ4v) is 6.11. The SMILES string of the molecule is CCc1ccccc1-n1c(C)cc([C@@H]2[C@H](c3ccccn3)NC(=S)N2CCC(=O)Nc2cc(C)ccc2C)c1C. The molecule has 0 aliphatic carbocycles. The fraction of sp³-hybridized carbons (Fsp3) is 0.303. The molecule has 1 amide bonds. The first-order chi connectivity index (χ1) is 19.3. The standard InChI is InChI=1S/C33H37N5OS/c1-6-25-11-7-8-13-29(25)38-23(4)20-26(24(38)5)32-31(27-12-9-10-17-34-27)36-33(40)37(32)18-16-30(39)35-28-19-21(2)14-15-22(28)3/h7-15,17,19-20,31-32H,6,16,18H2,1-5H3,(H,35,39)(H,36,40)/t31-,32+/m0/s1. The molecule has 3 heterocycles. The van der Waals surface area contributed by atoms with Gasteiger partial charge in [-0.2, -0.15) is 0 Å². The monoisotopic (exact) mass is 551 g/mol.